The molecule has 1 heterocycles. The van der Waals surface area contributed by atoms with Gasteiger partial charge in [-0.2, -0.15) is 0 Å². The minimum atomic E-state index is -0.391. The summed E-state index contributed by atoms with van der Waals surface area (Å²) in [7, 11) is 2.07. The fourth-order valence-electron chi connectivity index (χ4n) is 2.10. The van der Waals surface area contributed by atoms with Crippen molar-refractivity contribution in [2.75, 3.05) is 13.6 Å². The lowest BCUT2D eigenvalue weighted by molar-refractivity contribution is 0.0921. The van der Waals surface area contributed by atoms with Gasteiger partial charge in [0.1, 0.15) is 5.76 Å². The number of nitrogens with two attached hydrogens (primary N) is 1. The van der Waals surface area contributed by atoms with E-state index in [4.69, 9.17) is 10.3 Å². The third-order valence-electron chi connectivity index (χ3n) is 3.24. The summed E-state index contributed by atoms with van der Waals surface area (Å²) in [6, 6.07) is 3.47. The highest BCUT2D eigenvalue weighted by Gasteiger charge is 2.19. The molecule has 1 saturated carbocycles. The first-order valence-corrected chi connectivity index (χ1v) is 5.97. The summed E-state index contributed by atoms with van der Waals surface area (Å²) in [5, 5.41) is 0. The molecule has 2 rings (SSSR count). The van der Waals surface area contributed by atoms with Crippen LogP contribution in [0.5, 0.6) is 0 Å². The van der Waals surface area contributed by atoms with E-state index < -0.39 is 5.91 Å². The number of nitrogens with zero attached hydrogens (tertiary/aromatic N) is 1. The van der Waals surface area contributed by atoms with E-state index in [9.17, 15) is 4.79 Å². The van der Waals surface area contributed by atoms with Crippen LogP contribution in [0.25, 0.3) is 0 Å². The Labute approximate surface area is 101 Å². The van der Waals surface area contributed by atoms with E-state index in [1.807, 2.05) is 6.07 Å². The van der Waals surface area contributed by atoms with E-state index in [2.05, 4.69) is 17.4 Å². The highest BCUT2D eigenvalue weighted by molar-refractivity contribution is 5.90. The van der Waals surface area contributed by atoms with Crippen LogP contribution in [-0.4, -0.2) is 24.4 Å². The van der Waals surface area contributed by atoms with Crippen LogP contribution in [-0.2, 0) is 6.54 Å². The number of carbonyl (C=O) groups excluding carboxylic acids is 1. The molecule has 1 aromatic heterocycles. The van der Waals surface area contributed by atoms with Gasteiger partial charge >= 0.3 is 5.91 Å². The lowest BCUT2D eigenvalue weighted by Gasteiger charge is -2.29. The van der Waals surface area contributed by atoms with Crippen LogP contribution < -0.4 is 11.3 Å². The number of hydrogen-bond acceptors (Lipinski definition) is 4. The van der Waals surface area contributed by atoms with Crippen LogP contribution in [0.4, 0.5) is 0 Å². The number of nitrogens with one attached hydrogen (secondary N) is 1. The molecule has 1 aliphatic carbocycles. The first kappa shape index (κ1) is 12.1. The van der Waals surface area contributed by atoms with E-state index in [0.29, 0.717) is 0 Å². The second kappa shape index (κ2) is 5.33. The summed E-state index contributed by atoms with van der Waals surface area (Å²) >= 11 is 0. The molecule has 3 N–H and O–H groups in total. The molecule has 0 saturated heterocycles. The Morgan fingerprint density at radius 2 is 2.35 bits per heavy atom. The molecule has 1 fully saturated rings. The Bertz CT molecular complexity index is 385. The molecule has 0 bridgehead atoms. The predicted molar refractivity (Wildman–Crippen MR) is 64.0 cm³/mol. The van der Waals surface area contributed by atoms with Crippen molar-refractivity contribution in [3.8, 4) is 0 Å². The Hall–Kier alpha value is -1.33. The predicted octanol–water partition coefficient (Wildman–Crippen LogP) is 1.11. The topological polar surface area (TPSA) is 71.5 Å². The maximum atomic E-state index is 11.2. The number of hydrazine groups is 1. The summed E-state index contributed by atoms with van der Waals surface area (Å²) in [4.78, 5) is 13.4. The molecule has 5 nitrogen and oxygen atoms in total. The third-order valence-corrected chi connectivity index (χ3v) is 3.24. The van der Waals surface area contributed by atoms with Gasteiger partial charge in [0.05, 0.1) is 6.54 Å². The zero-order valence-electron chi connectivity index (χ0n) is 10.1. The Morgan fingerprint density at radius 3 is 2.94 bits per heavy atom. The molecule has 0 atom stereocenters. The van der Waals surface area contributed by atoms with Gasteiger partial charge in [0, 0.05) is 6.54 Å². The van der Waals surface area contributed by atoms with Crippen molar-refractivity contribution in [3.63, 3.8) is 0 Å². The van der Waals surface area contributed by atoms with Gasteiger partial charge in [-0.3, -0.25) is 15.1 Å². The summed E-state index contributed by atoms with van der Waals surface area (Å²) in [6.07, 6.45) is 4.03. The van der Waals surface area contributed by atoms with Gasteiger partial charge in [-0.15, -0.1) is 0 Å². The molecule has 1 aliphatic rings. The highest BCUT2D eigenvalue weighted by Crippen LogP contribution is 2.27. The molecule has 0 aromatic carbocycles. The summed E-state index contributed by atoms with van der Waals surface area (Å²) in [5.41, 5.74) is 2.05. The standard InChI is InChI=1S/C12H19N3O2/c1-15(7-9-3-2-4-9)8-10-5-6-11(17-10)12(16)14-13/h5-6,9H,2-4,7-8,13H2,1H3,(H,14,16). The molecule has 1 amide bonds. The van der Waals surface area contributed by atoms with E-state index in [1.165, 1.54) is 19.3 Å². The minimum absolute atomic E-state index is 0.263. The third kappa shape index (κ3) is 3.08. The molecule has 0 aliphatic heterocycles. The van der Waals surface area contributed by atoms with E-state index in [1.54, 1.807) is 6.07 Å². The molecule has 1 aromatic rings. The van der Waals surface area contributed by atoms with Crippen molar-refractivity contribution in [1.82, 2.24) is 10.3 Å². The van der Waals surface area contributed by atoms with Gasteiger partial charge in [-0.25, -0.2) is 5.84 Å². The Kier molecular flexibility index (Phi) is 3.81. The number of nitrogen functional groups attached to an aromatic ring is 1. The number of furan rings is 1. The van der Waals surface area contributed by atoms with Crippen LogP contribution >= 0.6 is 0 Å². The number of amides is 1. The zero-order valence-corrected chi connectivity index (χ0v) is 10.1. The summed E-state index contributed by atoms with van der Waals surface area (Å²) in [6.45, 7) is 1.83. The van der Waals surface area contributed by atoms with Crippen molar-refractivity contribution in [2.24, 2.45) is 11.8 Å². The van der Waals surface area contributed by atoms with E-state index >= 15 is 0 Å². The average molecular weight is 237 g/mol. The molecule has 5 heteroatoms. The fraction of sp³-hybridized carbons (Fsp3) is 0.583. The van der Waals surface area contributed by atoms with E-state index in [0.717, 1.165) is 24.8 Å². The van der Waals surface area contributed by atoms with Gasteiger partial charge in [0.2, 0.25) is 0 Å². The van der Waals surface area contributed by atoms with Gasteiger partial charge in [0.25, 0.3) is 0 Å². The fourth-order valence-corrected chi connectivity index (χ4v) is 2.10. The van der Waals surface area contributed by atoms with Crippen molar-refractivity contribution in [3.05, 3.63) is 23.7 Å². The molecule has 94 valence electrons. The van der Waals surface area contributed by atoms with Crippen LogP contribution in [0.2, 0.25) is 0 Å². The van der Waals surface area contributed by atoms with Gasteiger partial charge in [0.15, 0.2) is 5.76 Å². The van der Waals surface area contributed by atoms with Crippen LogP contribution in [0.15, 0.2) is 16.5 Å². The van der Waals surface area contributed by atoms with E-state index in [-0.39, 0.29) is 5.76 Å². The van der Waals surface area contributed by atoms with Gasteiger partial charge in [-0.05, 0) is 37.9 Å². The summed E-state index contributed by atoms with van der Waals surface area (Å²) < 4.78 is 5.41. The number of carbonyl (C=O) groups is 1. The Morgan fingerprint density at radius 1 is 1.59 bits per heavy atom. The molecule has 0 unspecified atom stereocenters. The lowest BCUT2D eigenvalue weighted by atomic mass is 9.85. The highest BCUT2D eigenvalue weighted by atomic mass is 16.4. The van der Waals surface area contributed by atoms with Crippen molar-refractivity contribution in [1.29, 1.82) is 0 Å². The van der Waals surface area contributed by atoms with Crippen LogP contribution in [0, 0.1) is 5.92 Å². The van der Waals surface area contributed by atoms with Gasteiger partial charge in [-0.1, -0.05) is 6.42 Å². The largest absolute Gasteiger partial charge is 0.455 e. The van der Waals surface area contributed by atoms with Crippen molar-refractivity contribution < 1.29 is 9.21 Å². The normalized spacial score (nSPS) is 15.9. The smallest absolute Gasteiger partial charge is 0.300 e. The Balaban J connectivity index is 1.85. The summed E-state index contributed by atoms with van der Waals surface area (Å²) in [5.74, 6) is 6.54. The number of hydrogen-bond donors (Lipinski definition) is 2. The maximum absolute atomic E-state index is 11.2. The van der Waals surface area contributed by atoms with Crippen molar-refractivity contribution >= 4 is 5.91 Å². The first-order valence-electron chi connectivity index (χ1n) is 5.97. The second-order valence-electron chi connectivity index (χ2n) is 4.73. The molecular formula is C12H19N3O2. The van der Waals surface area contributed by atoms with Crippen molar-refractivity contribution in [2.45, 2.75) is 25.8 Å². The number of rotatable bonds is 5. The van der Waals surface area contributed by atoms with Crippen LogP contribution in [0.3, 0.4) is 0 Å². The second-order valence-corrected chi connectivity index (χ2v) is 4.73. The molecule has 0 spiro atoms. The minimum Gasteiger partial charge on any atom is -0.455 e. The maximum Gasteiger partial charge on any atom is 0.300 e. The average Bonchev–Trinajstić information content (AvgIpc) is 2.71. The SMILES string of the molecule is CN(Cc1ccc(C(=O)NN)o1)CC1CCC1. The first-order chi connectivity index (χ1) is 8.19. The van der Waals surface area contributed by atoms with Crippen LogP contribution in [0.1, 0.15) is 35.6 Å². The monoisotopic (exact) mass is 237 g/mol. The lowest BCUT2D eigenvalue weighted by Crippen LogP contribution is -2.30. The quantitative estimate of drug-likeness (QED) is 0.457. The van der Waals surface area contributed by atoms with Gasteiger partial charge < -0.3 is 4.42 Å². The molecule has 0 radical (unpaired) electrons. The zero-order chi connectivity index (χ0) is 12.3. The molecular weight excluding hydrogens is 218 g/mol. The molecule has 17 heavy (non-hydrogen) atoms.